The number of thioether (sulfide) groups is 1. The Hall–Kier alpha value is -0.590. The first-order chi connectivity index (χ1) is 10.7. The fourth-order valence-corrected chi connectivity index (χ4v) is 4.20. The van der Waals surface area contributed by atoms with Crippen LogP contribution < -0.4 is 0 Å². The number of ether oxygens (including phenoxy) is 4. The van der Waals surface area contributed by atoms with Gasteiger partial charge in [-0.15, -0.1) is 11.8 Å². The SMILES string of the molecule is CCSC1OC2COC(c3ccccc3)O[C@H]2[C@H](OC)[C@@H]1C. The van der Waals surface area contributed by atoms with E-state index in [0.29, 0.717) is 6.61 Å². The zero-order valence-corrected chi connectivity index (χ0v) is 14.1. The van der Waals surface area contributed by atoms with Gasteiger partial charge in [-0.2, -0.15) is 0 Å². The molecule has 4 nitrogen and oxygen atoms in total. The minimum Gasteiger partial charge on any atom is -0.378 e. The van der Waals surface area contributed by atoms with E-state index in [2.05, 4.69) is 13.8 Å². The number of rotatable bonds is 4. The van der Waals surface area contributed by atoms with Crippen molar-refractivity contribution >= 4 is 11.8 Å². The fraction of sp³-hybridized carbons (Fsp3) is 0.647. The fourth-order valence-electron chi connectivity index (χ4n) is 3.19. The van der Waals surface area contributed by atoms with Crippen LogP contribution in [0, 0.1) is 5.92 Å². The van der Waals surface area contributed by atoms with Crippen LogP contribution in [0.2, 0.25) is 0 Å². The molecule has 0 spiro atoms. The first-order valence-corrected chi connectivity index (χ1v) is 8.91. The standard InChI is InChI=1S/C17H24O4S/c1-4-22-17-11(2)14(18-3)15-13(20-17)10-19-16(21-15)12-8-6-5-7-9-12/h5-9,11,13-17H,4,10H2,1-3H3/t11-,13?,14+,15+,16?,17?/m0/s1. The van der Waals surface area contributed by atoms with Gasteiger partial charge in [0.05, 0.1) is 12.7 Å². The van der Waals surface area contributed by atoms with Crippen molar-refractivity contribution in [1.82, 2.24) is 0 Å². The van der Waals surface area contributed by atoms with Gasteiger partial charge in [-0.3, -0.25) is 0 Å². The Bertz CT molecular complexity index is 469. The molecule has 2 saturated heterocycles. The van der Waals surface area contributed by atoms with E-state index in [-0.39, 0.29) is 36.0 Å². The zero-order chi connectivity index (χ0) is 15.5. The van der Waals surface area contributed by atoms with E-state index < -0.39 is 0 Å². The minimum atomic E-state index is -0.341. The van der Waals surface area contributed by atoms with Crippen LogP contribution >= 0.6 is 11.8 Å². The van der Waals surface area contributed by atoms with Crippen molar-refractivity contribution in [3.8, 4) is 0 Å². The summed E-state index contributed by atoms with van der Waals surface area (Å²) in [5.41, 5.74) is 1.17. The van der Waals surface area contributed by atoms with E-state index in [1.807, 2.05) is 42.1 Å². The van der Waals surface area contributed by atoms with Crippen LogP contribution in [0.15, 0.2) is 30.3 Å². The molecule has 2 aliphatic rings. The Morgan fingerprint density at radius 1 is 1.23 bits per heavy atom. The largest absolute Gasteiger partial charge is 0.378 e. The third kappa shape index (κ3) is 3.19. The van der Waals surface area contributed by atoms with Crippen LogP contribution in [0.25, 0.3) is 0 Å². The van der Waals surface area contributed by atoms with Gasteiger partial charge < -0.3 is 18.9 Å². The predicted molar refractivity (Wildman–Crippen MR) is 86.8 cm³/mol. The molecule has 0 amide bonds. The normalized spacial score (nSPS) is 38.5. The molecule has 0 aliphatic carbocycles. The van der Waals surface area contributed by atoms with Gasteiger partial charge in [-0.05, 0) is 5.75 Å². The summed E-state index contributed by atoms with van der Waals surface area (Å²) in [5, 5.41) is 0. The average molecular weight is 324 g/mol. The van der Waals surface area contributed by atoms with Gasteiger partial charge in [0.2, 0.25) is 0 Å². The molecular formula is C17H24O4S. The van der Waals surface area contributed by atoms with Crippen molar-refractivity contribution in [2.45, 2.75) is 43.9 Å². The molecule has 0 N–H and O–H groups in total. The molecule has 0 aromatic heterocycles. The van der Waals surface area contributed by atoms with Crippen molar-refractivity contribution in [2.24, 2.45) is 5.92 Å². The molecule has 1 aromatic carbocycles. The Labute approximate surface area is 136 Å². The lowest BCUT2D eigenvalue weighted by Gasteiger charge is -2.48. The Morgan fingerprint density at radius 2 is 2.00 bits per heavy atom. The van der Waals surface area contributed by atoms with Gasteiger partial charge in [-0.1, -0.05) is 44.2 Å². The first kappa shape index (κ1) is 16.3. The molecule has 3 rings (SSSR count). The van der Waals surface area contributed by atoms with Gasteiger partial charge in [-0.25, -0.2) is 0 Å². The maximum Gasteiger partial charge on any atom is 0.184 e. The molecule has 6 atom stereocenters. The van der Waals surface area contributed by atoms with Crippen molar-refractivity contribution in [1.29, 1.82) is 0 Å². The molecule has 1 aromatic rings. The van der Waals surface area contributed by atoms with Gasteiger partial charge in [0.25, 0.3) is 0 Å². The summed E-state index contributed by atoms with van der Waals surface area (Å²) in [6.07, 6.45) is -0.470. The van der Waals surface area contributed by atoms with Gasteiger partial charge in [0.15, 0.2) is 6.29 Å². The molecule has 0 radical (unpaired) electrons. The van der Waals surface area contributed by atoms with Crippen LogP contribution in [0.3, 0.4) is 0 Å². The Balaban J connectivity index is 1.75. The summed E-state index contributed by atoms with van der Waals surface area (Å²) in [6, 6.07) is 10.0. The lowest BCUT2D eigenvalue weighted by molar-refractivity contribution is -0.314. The van der Waals surface area contributed by atoms with E-state index in [4.69, 9.17) is 18.9 Å². The summed E-state index contributed by atoms with van der Waals surface area (Å²) in [6.45, 7) is 4.86. The molecule has 0 saturated carbocycles. The van der Waals surface area contributed by atoms with Crippen LogP contribution in [-0.2, 0) is 18.9 Å². The maximum atomic E-state index is 6.20. The third-order valence-electron chi connectivity index (χ3n) is 4.31. The first-order valence-electron chi connectivity index (χ1n) is 7.86. The summed E-state index contributed by atoms with van der Waals surface area (Å²) < 4.78 is 24.0. The zero-order valence-electron chi connectivity index (χ0n) is 13.3. The maximum absolute atomic E-state index is 6.20. The second-order valence-corrected chi connectivity index (χ2v) is 7.11. The van der Waals surface area contributed by atoms with Crippen LogP contribution in [-0.4, -0.2) is 43.2 Å². The molecule has 122 valence electrons. The minimum absolute atomic E-state index is 0.0258. The van der Waals surface area contributed by atoms with E-state index in [1.165, 1.54) is 0 Å². The van der Waals surface area contributed by atoms with E-state index in [1.54, 1.807) is 7.11 Å². The molecule has 0 bridgehead atoms. The third-order valence-corrected chi connectivity index (χ3v) is 5.52. The summed E-state index contributed by atoms with van der Waals surface area (Å²) in [4.78, 5) is 0. The highest BCUT2D eigenvalue weighted by Crippen LogP contribution is 2.40. The molecule has 5 heteroatoms. The number of hydrogen-bond donors (Lipinski definition) is 0. The van der Waals surface area contributed by atoms with Crippen LogP contribution in [0.1, 0.15) is 25.7 Å². The second-order valence-electron chi connectivity index (χ2n) is 5.73. The van der Waals surface area contributed by atoms with E-state index in [0.717, 1.165) is 11.3 Å². The summed E-state index contributed by atoms with van der Waals surface area (Å²) >= 11 is 1.82. The van der Waals surface area contributed by atoms with Gasteiger partial charge in [0, 0.05) is 18.6 Å². The van der Waals surface area contributed by atoms with E-state index >= 15 is 0 Å². The number of methoxy groups -OCH3 is 1. The van der Waals surface area contributed by atoms with Crippen molar-refractivity contribution in [3.63, 3.8) is 0 Å². The quantitative estimate of drug-likeness (QED) is 0.850. The lowest BCUT2D eigenvalue weighted by atomic mass is 9.92. The highest BCUT2D eigenvalue weighted by atomic mass is 32.2. The Morgan fingerprint density at radius 3 is 2.68 bits per heavy atom. The highest BCUT2D eigenvalue weighted by Gasteiger charge is 2.48. The smallest absolute Gasteiger partial charge is 0.184 e. The van der Waals surface area contributed by atoms with Crippen LogP contribution in [0.5, 0.6) is 0 Å². The molecule has 3 unspecified atom stereocenters. The van der Waals surface area contributed by atoms with Gasteiger partial charge in [0.1, 0.15) is 17.6 Å². The van der Waals surface area contributed by atoms with Crippen molar-refractivity contribution in [2.75, 3.05) is 19.5 Å². The average Bonchev–Trinajstić information content (AvgIpc) is 2.56. The molecule has 2 aliphatic heterocycles. The monoisotopic (exact) mass is 324 g/mol. The second kappa shape index (κ2) is 7.32. The Kier molecular flexibility index (Phi) is 5.42. The molecule has 2 heterocycles. The number of hydrogen-bond acceptors (Lipinski definition) is 5. The van der Waals surface area contributed by atoms with E-state index in [9.17, 15) is 0 Å². The highest BCUT2D eigenvalue weighted by molar-refractivity contribution is 7.99. The summed E-state index contributed by atoms with van der Waals surface area (Å²) in [5.74, 6) is 1.31. The number of benzene rings is 1. The topological polar surface area (TPSA) is 36.9 Å². The molecule has 22 heavy (non-hydrogen) atoms. The lowest BCUT2D eigenvalue weighted by Crippen LogP contribution is -2.58. The number of fused-ring (bicyclic) bond motifs is 1. The predicted octanol–water partition coefficient (Wildman–Crippen LogP) is 3.23. The molecular weight excluding hydrogens is 300 g/mol. The van der Waals surface area contributed by atoms with Crippen molar-refractivity contribution in [3.05, 3.63) is 35.9 Å². The molecule has 2 fully saturated rings. The summed E-state index contributed by atoms with van der Waals surface area (Å²) in [7, 11) is 1.76. The van der Waals surface area contributed by atoms with Crippen LogP contribution in [0.4, 0.5) is 0 Å². The van der Waals surface area contributed by atoms with Crippen molar-refractivity contribution < 1.29 is 18.9 Å². The van der Waals surface area contributed by atoms with Gasteiger partial charge >= 0.3 is 0 Å².